The number of nitrogens with zero attached hydrogens (tertiary/aromatic N) is 5. The lowest BCUT2D eigenvalue weighted by Crippen LogP contribution is -2.16. The summed E-state index contributed by atoms with van der Waals surface area (Å²) >= 11 is 9.27. The molecule has 0 fully saturated rings. The van der Waals surface area contributed by atoms with Gasteiger partial charge in [-0.2, -0.15) is 10.2 Å². The van der Waals surface area contributed by atoms with Crippen molar-refractivity contribution < 1.29 is 9.72 Å². The average Bonchev–Trinajstić information content (AvgIpc) is 3.17. The third-order valence-corrected chi connectivity index (χ3v) is 4.89. The van der Waals surface area contributed by atoms with Crippen molar-refractivity contribution >= 4 is 44.9 Å². The summed E-state index contributed by atoms with van der Waals surface area (Å²) in [5.41, 5.74) is 1.36. The zero-order chi connectivity index (χ0) is 20.3. The predicted octanol–water partition coefficient (Wildman–Crippen LogP) is 3.79. The molecule has 9 nitrogen and oxygen atoms in total. The number of aryl methyl sites for hydroxylation is 1. The molecule has 0 aliphatic rings. The zero-order valence-corrected chi connectivity index (χ0v) is 17.1. The van der Waals surface area contributed by atoms with Crippen LogP contribution in [0, 0.1) is 17.0 Å². The van der Waals surface area contributed by atoms with Crippen LogP contribution in [0.15, 0.2) is 41.1 Å². The fourth-order valence-corrected chi connectivity index (χ4v) is 3.12. The highest BCUT2D eigenvalue weighted by molar-refractivity contribution is 9.10. The summed E-state index contributed by atoms with van der Waals surface area (Å²) in [6, 6.07) is 7.42. The van der Waals surface area contributed by atoms with E-state index in [1.807, 2.05) is 12.1 Å². The first-order chi connectivity index (χ1) is 13.3. The molecule has 2 heterocycles. The van der Waals surface area contributed by atoms with E-state index in [2.05, 4.69) is 31.4 Å². The molecule has 0 radical (unpaired) electrons. The smallest absolute Gasteiger partial charge is 0.308 e. The molecule has 28 heavy (non-hydrogen) atoms. The van der Waals surface area contributed by atoms with Crippen molar-refractivity contribution in [3.05, 3.63) is 67.5 Å². The van der Waals surface area contributed by atoms with E-state index in [9.17, 15) is 14.9 Å². The molecule has 0 bridgehead atoms. The summed E-state index contributed by atoms with van der Waals surface area (Å²) < 4.78 is 3.79. The standard InChI is InChI=1S/C17H16BrClN6O3/c1-11-15(25(27)28)8-20-24(11)7-6-16(26)21-17-14(18)10-23(22-17)9-12-2-4-13(19)5-3-12/h2-5,8,10H,6-7,9H2,1H3,(H,21,22,26). The van der Waals surface area contributed by atoms with Gasteiger partial charge in [0.1, 0.15) is 11.9 Å². The van der Waals surface area contributed by atoms with E-state index >= 15 is 0 Å². The first kappa shape index (κ1) is 20.0. The summed E-state index contributed by atoms with van der Waals surface area (Å²) in [4.78, 5) is 22.6. The molecule has 3 rings (SSSR count). The van der Waals surface area contributed by atoms with Gasteiger partial charge in [-0.25, -0.2) is 0 Å². The van der Waals surface area contributed by atoms with Crippen molar-refractivity contribution in [2.45, 2.75) is 26.4 Å². The molecule has 0 saturated carbocycles. The van der Waals surface area contributed by atoms with Crippen LogP contribution in [0.4, 0.5) is 11.5 Å². The molecule has 146 valence electrons. The van der Waals surface area contributed by atoms with Gasteiger partial charge in [0.05, 0.1) is 22.5 Å². The van der Waals surface area contributed by atoms with Crippen LogP contribution in [0.25, 0.3) is 0 Å². The molecule has 0 aliphatic carbocycles. The highest BCUT2D eigenvalue weighted by atomic mass is 79.9. The molecule has 0 aliphatic heterocycles. The Hall–Kier alpha value is -2.72. The van der Waals surface area contributed by atoms with Gasteiger partial charge in [0, 0.05) is 17.6 Å². The van der Waals surface area contributed by atoms with Crippen LogP contribution < -0.4 is 5.32 Å². The minimum absolute atomic E-state index is 0.0657. The lowest BCUT2D eigenvalue weighted by Gasteiger charge is -2.05. The van der Waals surface area contributed by atoms with E-state index in [1.54, 1.807) is 29.9 Å². The Labute approximate surface area is 173 Å². The largest absolute Gasteiger partial charge is 0.309 e. The van der Waals surface area contributed by atoms with E-state index in [1.165, 1.54) is 10.9 Å². The van der Waals surface area contributed by atoms with Crippen LogP contribution in [0.3, 0.4) is 0 Å². The molecule has 0 spiro atoms. The number of rotatable bonds is 7. The maximum absolute atomic E-state index is 12.2. The molecule has 1 N–H and O–H groups in total. The molecule has 3 aromatic rings. The highest BCUT2D eigenvalue weighted by Crippen LogP contribution is 2.22. The van der Waals surface area contributed by atoms with Crippen LogP contribution in [0.1, 0.15) is 17.7 Å². The number of hydrogen-bond donors (Lipinski definition) is 1. The molecule has 11 heteroatoms. The van der Waals surface area contributed by atoms with Gasteiger partial charge in [0.25, 0.3) is 0 Å². The summed E-state index contributed by atoms with van der Waals surface area (Å²) in [6.07, 6.45) is 3.06. The predicted molar refractivity (Wildman–Crippen MR) is 107 cm³/mol. The SMILES string of the molecule is Cc1c([N+](=O)[O-])cnn1CCC(=O)Nc1nn(Cc2ccc(Cl)cc2)cc1Br. The molecule has 1 amide bonds. The van der Waals surface area contributed by atoms with Crippen molar-refractivity contribution in [3.63, 3.8) is 0 Å². The van der Waals surface area contributed by atoms with Crippen LogP contribution in [0.5, 0.6) is 0 Å². The minimum atomic E-state index is -0.497. The minimum Gasteiger partial charge on any atom is -0.308 e. The number of amides is 1. The van der Waals surface area contributed by atoms with Gasteiger partial charge in [-0.3, -0.25) is 24.3 Å². The number of nitro groups is 1. The number of halogens is 2. The number of nitrogens with one attached hydrogen (secondary N) is 1. The normalized spacial score (nSPS) is 10.8. The first-order valence-corrected chi connectivity index (χ1v) is 9.44. The molecule has 1 aromatic carbocycles. The van der Waals surface area contributed by atoms with Gasteiger partial charge >= 0.3 is 5.69 Å². The van der Waals surface area contributed by atoms with Crippen LogP contribution in [0.2, 0.25) is 5.02 Å². The summed E-state index contributed by atoms with van der Waals surface area (Å²) in [6.45, 7) is 2.36. The van der Waals surface area contributed by atoms with Crippen molar-refractivity contribution in [2.24, 2.45) is 0 Å². The fourth-order valence-electron chi connectivity index (χ4n) is 2.58. The second-order valence-corrected chi connectivity index (χ2v) is 7.33. The first-order valence-electron chi connectivity index (χ1n) is 8.27. The maximum Gasteiger partial charge on any atom is 0.309 e. The van der Waals surface area contributed by atoms with E-state index in [0.29, 0.717) is 27.6 Å². The Bertz CT molecular complexity index is 1010. The molecule has 2 aromatic heterocycles. The Kier molecular flexibility index (Phi) is 6.10. The molecular weight excluding hydrogens is 452 g/mol. The Balaban J connectivity index is 1.59. The number of carbonyl (C=O) groups excluding carboxylic acids is 1. The third kappa shape index (κ3) is 4.76. The number of hydrogen-bond acceptors (Lipinski definition) is 5. The molecule has 0 atom stereocenters. The molecule has 0 unspecified atom stereocenters. The number of benzene rings is 1. The fraction of sp³-hybridized carbons (Fsp3) is 0.235. The topological polar surface area (TPSA) is 108 Å². The number of carbonyl (C=O) groups is 1. The summed E-state index contributed by atoms with van der Waals surface area (Å²) in [5, 5.41) is 22.6. The number of aromatic nitrogens is 4. The number of anilines is 1. The Morgan fingerprint density at radius 1 is 1.36 bits per heavy atom. The maximum atomic E-state index is 12.2. The van der Waals surface area contributed by atoms with Gasteiger partial charge in [-0.1, -0.05) is 23.7 Å². The summed E-state index contributed by atoms with van der Waals surface area (Å²) in [5.74, 6) is 0.136. The van der Waals surface area contributed by atoms with E-state index < -0.39 is 4.92 Å². The molecular formula is C17H16BrClN6O3. The van der Waals surface area contributed by atoms with E-state index in [-0.39, 0.29) is 24.6 Å². The van der Waals surface area contributed by atoms with Crippen LogP contribution in [-0.2, 0) is 17.9 Å². The molecule has 0 saturated heterocycles. The van der Waals surface area contributed by atoms with Gasteiger partial charge in [-0.05, 0) is 40.5 Å². The average molecular weight is 468 g/mol. The monoisotopic (exact) mass is 466 g/mol. The zero-order valence-electron chi connectivity index (χ0n) is 14.8. The second kappa shape index (κ2) is 8.53. The van der Waals surface area contributed by atoms with Crippen molar-refractivity contribution in [3.8, 4) is 0 Å². The van der Waals surface area contributed by atoms with Gasteiger partial charge in [0.2, 0.25) is 5.91 Å². The highest BCUT2D eigenvalue weighted by Gasteiger charge is 2.17. The van der Waals surface area contributed by atoms with Gasteiger partial charge in [-0.15, -0.1) is 0 Å². The van der Waals surface area contributed by atoms with Crippen LogP contribution in [-0.4, -0.2) is 30.4 Å². The van der Waals surface area contributed by atoms with E-state index in [4.69, 9.17) is 11.6 Å². The summed E-state index contributed by atoms with van der Waals surface area (Å²) in [7, 11) is 0. The van der Waals surface area contributed by atoms with Crippen LogP contribution >= 0.6 is 27.5 Å². The van der Waals surface area contributed by atoms with Gasteiger partial charge < -0.3 is 5.32 Å². The van der Waals surface area contributed by atoms with Crippen molar-refractivity contribution in [2.75, 3.05) is 5.32 Å². The Morgan fingerprint density at radius 2 is 2.07 bits per heavy atom. The second-order valence-electron chi connectivity index (χ2n) is 6.04. The third-order valence-electron chi connectivity index (χ3n) is 4.06. The van der Waals surface area contributed by atoms with Crippen molar-refractivity contribution in [1.29, 1.82) is 0 Å². The Morgan fingerprint density at radius 3 is 2.71 bits per heavy atom. The quantitative estimate of drug-likeness (QED) is 0.420. The van der Waals surface area contributed by atoms with E-state index in [0.717, 1.165) is 5.56 Å². The lowest BCUT2D eigenvalue weighted by molar-refractivity contribution is -0.385. The lowest BCUT2D eigenvalue weighted by atomic mass is 10.2. The van der Waals surface area contributed by atoms with Crippen molar-refractivity contribution in [1.82, 2.24) is 19.6 Å². The van der Waals surface area contributed by atoms with Gasteiger partial charge in [0.15, 0.2) is 5.82 Å².